The Balaban J connectivity index is 1.12. The molecule has 0 saturated carbocycles. The fourth-order valence-corrected chi connectivity index (χ4v) is 7.81. The van der Waals surface area contributed by atoms with Gasteiger partial charge in [0.25, 0.3) is 0 Å². The number of hydrogen-bond donors (Lipinski definition) is 0. The molecule has 3 aromatic heterocycles. The van der Waals surface area contributed by atoms with E-state index in [4.69, 9.17) is 24.4 Å². The van der Waals surface area contributed by atoms with Crippen LogP contribution < -0.4 is 0 Å². The van der Waals surface area contributed by atoms with Crippen molar-refractivity contribution in [2.45, 2.75) is 13.8 Å². The zero-order valence-corrected chi connectivity index (χ0v) is 31.5. The Kier molecular flexibility index (Phi) is 8.53. The van der Waals surface area contributed by atoms with E-state index in [1.54, 1.807) is 0 Å². The number of nitrogens with zero attached hydrogens (tertiary/aromatic N) is 4. The van der Waals surface area contributed by atoms with Crippen LogP contribution in [0.25, 0.3) is 101 Å². The number of furan rings is 1. The highest BCUT2D eigenvalue weighted by Gasteiger charge is 2.18. The summed E-state index contributed by atoms with van der Waals surface area (Å²) in [6, 6.07) is 63.2. The molecule has 0 N–H and O–H groups in total. The summed E-state index contributed by atoms with van der Waals surface area (Å²) in [6.45, 7) is 4.06. The van der Waals surface area contributed by atoms with Gasteiger partial charge in [-0.3, -0.25) is 4.98 Å². The average molecular weight is 733 g/mol. The van der Waals surface area contributed by atoms with E-state index in [1.165, 1.54) is 27.8 Å². The first-order valence-corrected chi connectivity index (χ1v) is 19.1. The monoisotopic (exact) mass is 732 g/mol. The van der Waals surface area contributed by atoms with Gasteiger partial charge in [-0.1, -0.05) is 152 Å². The van der Waals surface area contributed by atoms with Crippen molar-refractivity contribution in [1.82, 2.24) is 19.9 Å². The molecule has 0 saturated heterocycles. The van der Waals surface area contributed by atoms with Gasteiger partial charge in [-0.15, -0.1) is 0 Å². The summed E-state index contributed by atoms with van der Waals surface area (Å²) in [5.74, 6) is 1.74. The van der Waals surface area contributed by atoms with E-state index in [9.17, 15) is 0 Å². The smallest absolute Gasteiger partial charge is 0.164 e. The summed E-state index contributed by atoms with van der Waals surface area (Å²) in [5.41, 5.74) is 15.3. The van der Waals surface area contributed by atoms with Crippen LogP contribution in [-0.4, -0.2) is 19.9 Å². The highest BCUT2D eigenvalue weighted by atomic mass is 16.3. The number of benzene rings is 7. The molecule has 0 unspecified atom stereocenters. The maximum absolute atomic E-state index is 6.29. The molecule has 0 spiro atoms. The lowest BCUT2D eigenvalue weighted by atomic mass is 9.87. The van der Waals surface area contributed by atoms with Crippen LogP contribution in [0.5, 0.6) is 0 Å². The van der Waals surface area contributed by atoms with Gasteiger partial charge in [0.05, 0.1) is 0 Å². The highest BCUT2D eigenvalue weighted by Crippen LogP contribution is 2.41. The Hall–Kier alpha value is -7.50. The van der Waals surface area contributed by atoms with Crippen LogP contribution in [0.2, 0.25) is 0 Å². The third kappa shape index (κ3) is 6.45. The lowest BCUT2D eigenvalue weighted by Crippen LogP contribution is -2.00. The van der Waals surface area contributed by atoms with Crippen molar-refractivity contribution in [2.75, 3.05) is 0 Å². The first kappa shape index (κ1) is 34.0. The lowest BCUT2D eigenvalue weighted by molar-refractivity contribution is 0.669. The van der Waals surface area contributed by atoms with Gasteiger partial charge in [-0.05, 0) is 83.1 Å². The molecule has 0 atom stereocenters. The second-order valence-electron chi connectivity index (χ2n) is 14.3. The zero-order valence-electron chi connectivity index (χ0n) is 31.5. The summed E-state index contributed by atoms with van der Waals surface area (Å²) in [5, 5.41) is 2.14. The predicted octanol–water partition coefficient (Wildman–Crippen LogP) is 13.5. The molecule has 0 aliphatic rings. The fraction of sp³-hybridized carbons (Fsp3) is 0.0385. The van der Waals surface area contributed by atoms with Gasteiger partial charge >= 0.3 is 0 Å². The summed E-state index contributed by atoms with van der Waals surface area (Å²) in [6.07, 6.45) is 0. The van der Waals surface area contributed by atoms with Crippen LogP contribution >= 0.6 is 0 Å². The zero-order chi connectivity index (χ0) is 38.3. The van der Waals surface area contributed by atoms with Crippen LogP contribution in [0.4, 0.5) is 0 Å². The number of para-hydroxylation sites is 1. The Morgan fingerprint density at radius 2 is 0.860 bits per heavy atom. The number of hydrogen-bond acceptors (Lipinski definition) is 5. The maximum Gasteiger partial charge on any atom is 0.164 e. The van der Waals surface area contributed by atoms with Crippen molar-refractivity contribution >= 4 is 21.9 Å². The van der Waals surface area contributed by atoms with E-state index in [1.807, 2.05) is 44.2 Å². The van der Waals surface area contributed by atoms with Gasteiger partial charge in [0, 0.05) is 44.4 Å². The van der Waals surface area contributed by atoms with E-state index in [-0.39, 0.29) is 0 Å². The maximum atomic E-state index is 6.29. The number of aromatic nitrogens is 4. The van der Waals surface area contributed by atoms with Crippen molar-refractivity contribution in [3.8, 4) is 78.7 Å². The van der Waals surface area contributed by atoms with E-state index < -0.39 is 0 Å². The molecule has 0 aliphatic heterocycles. The van der Waals surface area contributed by atoms with E-state index in [0.717, 1.165) is 66.7 Å². The van der Waals surface area contributed by atoms with Gasteiger partial charge in [-0.2, -0.15) is 0 Å². The third-order valence-electron chi connectivity index (χ3n) is 10.6. The first-order chi connectivity index (χ1) is 28.1. The van der Waals surface area contributed by atoms with Crippen molar-refractivity contribution in [2.24, 2.45) is 0 Å². The lowest BCUT2D eigenvalue weighted by Gasteiger charge is -2.17. The van der Waals surface area contributed by atoms with E-state index in [2.05, 4.69) is 152 Å². The molecule has 10 rings (SSSR count). The molecule has 57 heavy (non-hydrogen) atoms. The molecule has 270 valence electrons. The summed E-state index contributed by atoms with van der Waals surface area (Å²) in [7, 11) is 0. The summed E-state index contributed by atoms with van der Waals surface area (Å²) >= 11 is 0. The summed E-state index contributed by atoms with van der Waals surface area (Å²) in [4.78, 5) is 20.1. The number of pyridine rings is 1. The molecule has 0 radical (unpaired) electrons. The molecule has 0 fully saturated rings. The van der Waals surface area contributed by atoms with Crippen molar-refractivity contribution < 1.29 is 4.42 Å². The molecule has 5 heteroatoms. The van der Waals surface area contributed by atoms with Crippen molar-refractivity contribution in [1.29, 1.82) is 0 Å². The minimum absolute atomic E-state index is 0.570. The Bertz CT molecular complexity index is 3020. The van der Waals surface area contributed by atoms with Gasteiger partial charge in [-0.25, -0.2) is 15.0 Å². The van der Waals surface area contributed by atoms with Gasteiger partial charge < -0.3 is 4.42 Å². The number of rotatable bonds is 7. The molecule has 5 nitrogen and oxygen atoms in total. The van der Waals surface area contributed by atoms with E-state index >= 15 is 0 Å². The van der Waals surface area contributed by atoms with Crippen molar-refractivity contribution in [3.05, 3.63) is 193 Å². The molecule has 10 aromatic rings. The largest absolute Gasteiger partial charge is 0.456 e. The molecule has 3 heterocycles. The number of fused-ring (bicyclic) bond motifs is 3. The standard InChI is InChI=1S/C52H36N4O/c1-33-23-29-42(34(2)53-33)39-17-11-18-40(31-39)51-54-50(55-52(56-51)41-28-30-46-45-19-9-10-22-47(45)57-48(46)32-41)38-26-24-37(25-27-38)49-43(35-13-5-3-6-14-35)20-12-21-44(49)36-15-7-4-8-16-36/h3-32H,1-2H3. The normalized spacial score (nSPS) is 11.3. The molecule has 0 amide bonds. The van der Waals surface area contributed by atoms with E-state index in [0.29, 0.717) is 17.5 Å². The average Bonchev–Trinajstić information content (AvgIpc) is 3.65. The molecular weight excluding hydrogens is 697 g/mol. The topological polar surface area (TPSA) is 64.7 Å². The third-order valence-corrected chi connectivity index (χ3v) is 10.6. The quantitative estimate of drug-likeness (QED) is 0.163. The molecule has 0 aliphatic carbocycles. The molecule has 0 bridgehead atoms. The predicted molar refractivity (Wildman–Crippen MR) is 232 cm³/mol. The highest BCUT2D eigenvalue weighted by molar-refractivity contribution is 6.05. The van der Waals surface area contributed by atoms with Crippen LogP contribution in [0.15, 0.2) is 186 Å². The Morgan fingerprint density at radius 3 is 1.54 bits per heavy atom. The number of aryl methyl sites for hydroxylation is 2. The molecule has 7 aromatic carbocycles. The first-order valence-electron chi connectivity index (χ1n) is 19.1. The minimum atomic E-state index is 0.570. The Morgan fingerprint density at radius 1 is 0.333 bits per heavy atom. The van der Waals surface area contributed by atoms with Gasteiger partial charge in [0.1, 0.15) is 11.2 Å². The van der Waals surface area contributed by atoms with Crippen LogP contribution in [0.3, 0.4) is 0 Å². The second-order valence-corrected chi connectivity index (χ2v) is 14.3. The van der Waals surface area contributed by atoms with Crippen LogP contribution in [-0.2, 0) is 0 Å². The Labute approximate surface area is 331 Å². The van der Waals surface area contributed by atoms with Gasteiger partial charge in [0.15, 0.2) is 17.5 Å². The van der Waals surface area contributed by atoms with Gasteiger partial charge in [0.2, 0.25) is 0 Å². The van der Waals surface area contributed by atoms with Crippen LogP contribution in [0.1, 0.15) is 11.4 Å². The van der Waals surface area contributed by atoms with Crippen LogP contribution in [0, 0.1) is 13.8 Å². The fourth-order valence-electron chi connectivity index (χ4n) is 7.81. The van der Waals surface area contributed by atoms with Crippen molar-refractivity contribution in [3.63, 3.8) is 0 Å². The molecular formula is C52H36N4O. The SMILES string of the molecule is Cc1ccc(-c2cccc(-c3nc(-c4ccc(-c5c(-c6ccccc6)cccc5-c5ccccc5)cc4)nc(-c4ccc5c(c4)oc4ccccc45)n3)c2)c(C)n1. The summed E-state index contributed by atoms with van der Waals surface area (Å²) < 4.78 is 6.29. The minimum Gasteiger partial charge on any atom is -0.456 e. The second kappa shape index (κ2) is 14.3.